The molecule has 16 heavy (non-hydrogen) atoms. The molecule has 0 atom stereocenters. The van der Waals surface area contributed by atoms with Crippen LogP contribution in [0.4, 0.5) is 0 Å². The molecule has 2 aromatic rings. The standard InChI is InChI=1S/C13H19N3/c1-6-10-7-9(2)8-11-14-15-12(16(10)11)13(3,4)5/h7-8H,6H2,1-5H3. The molecule has 0 bridgehead atoms. The molecule has 3 nitrogen and oxygen atoms in total. The number of rotatable bonds is 1. The number of fused-ring (bicyclic) bond motifs is 1. The van der Waals surface area contributed by atoms with Gasteiger partial charge in [0.25, 0.3) is 0 Å². The summed E-state index contributed by atoms with van der Waals surface area (Å²) >= 11 is 0. The van der Waals surface area contributed by atoms with E-state index in [-0.39, 0.29) is 5.41 Å². The highest BCUT2D eigenvalue weighted by Gasteiger charge is 2.22. The third kappa shape index (κ3) is 1.70. The van der Waals surface area contributed by atoms with Crippen LogP contribution < -0.4 is 0 Å². The van der Waals surface area contributed by atoms with Crippen molar-refractivity contribution in [2.45, 2.75) is 46.5 Å². The molecule has 0 amide bonds. The molecule has 0 aromatic carbocycles. The molecule has 0 aliphatic carbocycles. The van der Waals surface area contributed by atoms with E-state index in [4.69, 9.17) is 0 Å². The van der Waals surface area contributed by atoms with E-state index < -0.39 is 0 Å². The smallest absolute Gasteiger partial charge is 0.161 e. The summed E-state index contributed by atoms with van der Waals surface area (Å²) in [7, 11) is 0. The van der Waals surface area contributed by atoms with Gasteiger partial charge in [-0.2, -0.15) is 0 Å². The van der Waals surface area contributed by atoms with Crippen molar-refractivity contribution < 1.29 is 0 Å². The number of hydrogen-bond acceptors (Lipinski definition) is 2. The average molecular weight is 217 g/mol. The van der Waals surface area contributed by atoms with Crippen LogP contribution >= 0.6 is 0 Å². The molecule has 0 aliphatic heterocycles. The summed E-state index contributed by atoms with van der Waals surface area (Å²) in [5.41, 5.74) is 3.52. The minimum atomic E-state index is 0.0264. The summed E-state index contributed by atoms with van der Waals surface area (Å²) in [4.78, 5) is 0. The first-order chi connectivity index (χ1) is 7.43. The van der Waals surface area contributed by atoms with Gasteiger partial charge in [-0.25, -0.2) is 0 Å². The lowest BCUT2D eigenvalue weighted by atomic mass is 9.95. The summed E-state index contributed by atoms with van der Waals surface area (Å²) in [5.74, 6) is 1.04. The topological polar surface area (TPSA) is 30.2 Å². The molecule has 3 heteroatoms. The zero-order chi connectivity index (χ0) is 11.9. The van der Waals surface area contributed by atoms with Gasteiger partial charge in [-0.1, -0.05) is 27.7 Å². The van der Waals surface area contributed by atoms with Gasteiger partial charge in [-0.05, 0) is 31.0 Å². The van der Waals surface area contributed by atoms with Gasteiger partial charge in [0.1, 0.15) is 5.82 Å². The predicted octanol–water partition coefficient (Wildman–Crippen LogP) is 2.90. The Kier molecular flexibility index (Phi) is 2.49. The Labute approximate surface area is 96.5 Å². The molecule has 0 saturated heterocycles. The fourth-order valence-electron chi connectivity index (χ4n) is 1.99. The second-order valence-corrected chi connectivity index (χ2v) is 5.34. The maximum absolute atomic E-state index is 4.33. The number of aryl methyl sites for hydroxylation is 2. The average Bonchev–Trinajstić information content (AvgIpc) is 2.59. The number of nitrogens with zero attached hydrogens (tertiary/aromatic N) is 3. The van der Waals surface area contributed by atoms with Crippen molar-refractivity contribution in [2.24, 2.45) is 0 Å². The Hall–Kier alpha value is -1.38. The van der Waals surface area contributed by atoms with E-state index in [1.807, 2.05) is 0 Å². The zero-order valence-corrected chi connectivity index (χ0v) is 10.7. The molecular formula is C13H19N3. The molecule has 0 radical (unpaired) electrons. The van der Waals surface area contributed by atoms with Gasteiger partial charge >= 0.3 is 0 Å². The maximum atomic E-state index is 4.33. The lowest BCUT2D eigenvalue weighted by molar-refractivity contribution is 0.535. The summed E-state index contributed by atoms with van der Waals surface area (Å²) in [5, 5.41) is 8.60. The van der Waals surface area contributed by atoms with Crippen LogP contribution in [0, 0.1) is 6.92 Å². The second kappa shape index (κ2) is 3.58. The molecule has 86 valence electrons. The Bertz CT molecular complexity index is 518. The quantitative estimate of drug-likeness (QED) is 0.735. The van der Waals surface area contributed by atoms with E-state index in [9.17, 15) is 0 Å². The van der Waals surface area contributed by atoms with Gasteiger partial charge in [0.05, 0.1) is 0 Å². The lowest BCUT2D eigenvalue weighted by Gasteiger charge is -2.17. The van der Waals surface area contributed by atoms with Crippen molar-refractivity contribution in [3.63, 3.8) is 0 Å². The first-order valence-corrected chi connectivity index (χ1v) is 5.78. The SMILES string of the molecule is CCc1cc(C)cc2nnc(C(C)(C)C)n12. The van der Waals surface area contributed by atoms with E-state index in [0.29, 0.717) is 0 Å². The molecule has 0 N–H and O–H groups in total. The molecule has 0 unspecified atom stereocenters. The molecule has 0 spiro atoms. The van der Waals surface area contributed by atoms with Gasteiger partial charge in [0.2, 0.25) is 0 Å². The van der Waals surface area contributed by atoms with Crippen molar-refractivity contribution in [3.05, 3.63) is 29.2 Å². The van der Waals surface area contributed by atoms with Gasteiger partial charge < -0.3 is 0 Å². The van der Waals surface area contributed by atoms with Crippen molar-refractivity contribution in [1.82, 2.24) is 14.6 Å². The van der Waals surface area contributed by atoms with Gasteiger partial charge in [-0.15, -0.1) is 10.2 Å². The number of pyridine rings is 1. The molecule has 0 fully saturated rings. The molecule has 0 saturated carbocycles. The summed E-state index contributed by atoms with van der Waals surface area (Å²) in [6, 6.07) is 4.30. The van der Waals surface area contributed by atoms with Crippen LogP contribution in [0.25, 0.3) is 5.65 Å². The molecule has 2 heterocycles. The van der Waals surface area contributed by atoms with E-state index >= 15 is 0 Å². The number of aromatic nitrogens is 3. The Morgan fingerprint density at radius 3 is 2.44 bits per heavy atom. The maximum Gasteiger partial charge on any atom is 0.161 e. The van der Waals surface area contributed by atoms with E-state index in [1.165, 1.54) is 11.3 Å². The summed E-state index contributed by atoms with van der Waals surface area (Å²) in [6.45, 7) is 10.8. The van der Waals surface area contributed by atoms with E-state index in [1.54, 1.807) is 0 Å². The normalized spacial score (nSPS) is 12.3. The Morgan fingerprint density at radius 1 is 1.19 bits per heavy atom. The first-order valence-electron chi connectivity index (χ1n) is 5.78. The van der Waals surface area contributed by atoms with Crippen LogP contribution in [-0.4, -0.2) is 14.6 Å². The second-order valence-electron chi connectivity index (χ2n) is 5.34. The summed E-state index contributed by atoms with van der Waals surface area (Å²) in [6.07, 6.45) is 0.999. The third-order valence-electron chi connectivity index (χ3n) is 2.76. The number of hydrogen-bond donors (Lipinski definition) is 0. The fourth-order valence-corrected chi connectivity index (χ4v) is 1.99. The van der Waals surface area contributed by atoms with Crippen molar-refractivity contribution in [1.29, 1.82) is 0 Å². The van der Waals surface area contributed by atoms with E-state index in [0.717, 1.165) is 17.9 Å². The molecule has 2 aromatic heterocycles. The monoisotopic (exact) mass is 217 g/mol. The van der Waals surface area contributed by atoms with Crippen molar-refractivity contribution in [2.75, 3.05) is 0 Å². The fraction of sp³-hybridized carbons (Fsp3) is 0.538. The summed E-state index contributed by atoms with van der Waals surface area (Å²) < 4.78 is 2.19. The van der Waals surface area contributed by atoms with Crippen LogP contribution in [0.15, 0.2) is 12.1 Å². The zero-order valence-electron chi connectivity index (χ0n) is 10.7. The Balaban J connectivity index is 2.80. The van der Waals surface area contributed by atoms with Crippen LogP contribution in [0.5, 0.6) is 0 Å². The molecular weight excluding hydrogens is 198 g/mol. The minimum Gasteiger partial charge on any atom is -0.283 e. The minimum absolute atomic E-state index is 0.0264. The molecule has 0 aliphatic rings. The van der Waals surface area contributed by atoms with Crippen LogP contribution in [0.3, 0.4) is 0 Å². The largest absolute Gasteiger partial charge is 0.283 e. The van der Waals surface area contributed by atoms with Gasteiger partial charge in [0.15, 0.2) is 5.65 Å². The van der Waals surface area contributed by atoms with Crippen LogP contribution in [-0.2, 0) is 11.8 Å². The predicted molar refractivity (Wildman–Crippen MR) is 65.8 cm³/mol. The van der Waals surface area contributed by atoms with Crippen LogP contribution in [0.1, 0.15) is 44.8 Å². The van der Waals surface area contributed by atoms with E-state index in [2.05, 4.69) is 61.3 Å². The molecule has 2 rings (SSSR count). The van der Waals surface area contributed by atoms with Crippen molar-refractivity contribution in [3.8, 4) is 0 Å². The lowest BCUT2D eigenvalue weighted by Crippen LogP contribution is -2.17. The third-order valence-corrected chi connectivity index (χ3v) is 2.76. The van der Waals surface area contributed by atoms with Crippen molar-refractivity contribution >= 4 is 5.65 Å². The van der Waals surface area contributed by atoms with Gasteiger partial charge in [0, 0.05) is 11.1 Å². The highest BCUT2D eigenvalue weighted by Crippen LogP contribution is 2.23. The Morgan fingerprint density at radius 2 is 1.88 bits per heavy atom. The highest BCUT2D eigenvalue weighted by molar-refractivity contribution is 5.44. The van der Waals surface area contributed by atoms with Gasteiger partial charge in [-0.3, -0.25) is 4.40 Å². The first kappa shape index (κ1) is 11.1. The van der Waals surface area contributed by atoms with Crippen LogP contribution in [0.2, 0.25) is 0 Å². The highest BCUT2D eigenvalue weighted by atomic mass is 15.3.